The van der Waals surface area contributed by atoms with E-state index in [4.69, 9.17) is 45.9 Å². The summed E-state index contributed by atoms with van der Waals surface area (Å²) in [6.45, 7) is 10.9. The van der Waals surface area contributed by atoms with Crippen molar-refractivity contribution in [1.29, 1.82) is 0 Å². The summed E-state index contributed by atoms with van der Waals surface area (Å²) >= 11 is 6.86. The van der Waals surface area contributed by atoms with Crippen molar-refractivity contribution in [3.8, 4) is 5.75 Å². The van der Waals surface area contributed by atoms with Crippen LogP contribution in [0.1, 0.15) is 128 Å². The van der Waals surface area contributed by atoms with E-state index in [0.717, 1.165) is 16.7 Å². The molecule has 2 aromatic carbocycles. The second kappa shape index (κ2) is 29.1. The van der Waals surface area contributed by atoms with Gasteiger partial charge in [-0.05, 0) is 93.7 Å². The maximum absolute atomic E-state index is 14.4. The minimum absolute atomic E-state index is 0.00538. The summed E-state index contributed by atoms with van der Waals surface area (Å²) in [6, 6.07) is 6.49. The molecule has 3 saturated heterocycles. The highest BCUT2D eigenvalue weighted by Crippen LogP contribution is 2.50. The lowest BCUT2D eigenvalue weighted by Crippen LogP contribution is -2.53. The summed E-state index contributed by atoms with van der Waals surface area (Å²) in [4.78, 5) is 137. The number of carbonyl (C=O) groups excluding carboxylic acids is 10. The van der Waals surface area contributed by atoms with Gasteiger partial charge in [-0.3, -0.25) is 38.9 Å². The number of imide groups is 1. The molecule has 0 saturated carbocycles. The maximum Gasteiger partial charge on any atom is 0.412 e. The second-order valence-electron chi connectivity index (χ2n) is 22.8. The van der Waals surface area contributed by atoms with Gasteiger partial charge in [0.25, 0.3) is 11.8 Å². The Bertz CT molecular complexity index is 2900. The first-order chi connectivity index (χ1) is 39.7. The number of ketones is 2. The average molecular weight is 1190 g/mol. The van der Waals surface area contributed by atoms with E-state index in [-0.39, 0.29) is 113 Å². The van der Waals surface area contributed by atoms with E-state index in [1.807, 2.05) is 32.1 Å². The zero-order chi connectivity index (χ0) is 61.8. The normalized spacial score (nSPS) is 25.3. The number of nitrogens with two attached hydrogens (primary N) is 1. The Morgan fingerprint density at radius 3 is 2.33 bits per heavy atom. The van der Waals surface area contributed by atoms with Crippen LogP contribution in [0.15, 0.2) is 54.1 Å². The van der Waals surface area contributed by atoms with Gasteiger partial charge in [-0.15, -0.1) is 5.06 Å². The number of allylic oxidation sites excluding steroid dienone is 3. The number of urea groups is 1. The number of unbranched alkanes of at least 4 members (excludes halogenated alkanes) is 1. The SMILES string of the molecule is COc1cc(CC(=O)[C@H](CCCNC(N)=O)NC(=O)[C@@H](CC(=O)CCCCC(=O)ON2C(=O)CCC2=O)C(C)C)ccc1NC(=O)O[C@H]1CC(=O)N(C)c2cc(cc(C)c2Cl)C/C(C)=C/C=C/[C@@H](OC)[C@]2(O)CC(=O)O[C@@H](C2)[C@@H](C)[C@@H]2O[C@@]12C. The van der Waals surface area contributed by atoms with Crippen molar-refractivity contribution in [3.05, 3.63) is 75.8 Å². The van der Waals surface area contributed by atoms with Crippen LogP contribution in [0.3, 0.4) is 0 Å². The number of aryl methyl sites for hydroxylation is 1. The third-order valence-electron chi connectivity index (χ3n) is 15.9. The van der Waals surface area contributed by atoms with Crippen LogP contribution in [0.5, 0.6) is 5.75 Å². The number of amides is 7. The third kappa shape index (κ3) is 17.2. The number of benzene rings is 2. The molecule has 0 aliphatic carbocycles. The van der Waals surface area contributed by atoms with Gasteiger partial charge in [0.15, 0.2) is 5.78 Å². The number of hydroxylamine groups is 2. The highest BCUT2D eigenvalue weighted by atomic mass is 35.5. The molecule has 458 valence electrons. The summed E-state index contributed by atoms with van der Waals surface area (Å²) in [6.07, 6.45) is 0.675. The number of ether oxygens (including phenoxy) is 5. The van der Waals surface area contributed by atoms with Crippen LogP contribution in [0.4, 0.5) is 21.0 Å². The predicted octanol–water partition coefficient (Wildman–Crippen LogP) is 6.38. The average Bonchev–Trinajstić information content (AvgIpc) is 2.51. The largest absolute Gasteiger partial charge is 0.495 e. The number of Topliss-reactive ketones (excluding diaryl/α,β-unsaturated/α-hetero) is 2. The molecule has 9 atom stereocenters. The molecule has 0 radical (unpaired) electrons. The lowest BCUT2D eigenvalue weighted by atomic mass is 9.78. The van der Waals surface area contributed by atoms with Gasteiger partial charge in [0.2, 0.25) is 11.8 Å². The first-order valence-electron chi connectivity index (χ1n) is 28.3. The van der Waals surface area contributed by atoms with Gasteiger partial charge in [-0.25, -0.2) is 14.4 Å². The number of carbonyl (C=O) groups is 10. The lowest BCUT2D eigenvalue weighted by molar-refractivity contribution is -0.197. The Kier molecular flexibility index (Phi) is 22.8. The number of esters is 1. The monoisotopic (exact) mass is 1190 g/mol. The predicted molar refractivity (Wildman–Crippen MR) is 306 cm³/mol. The number of hydrogen-bond acceptors (Lipinski definition) is 17. The molecule has 0 aromatic heterocycles. The van der Waals surface area contributed by atoms with Gasteiger partial charge in [-0.2, -0.15) is 0 Å². The van der Waals surface area contributed by atoms with E-state index in [1.54, 1.807) is 53.0 Å². The van der Waals surface area contributed by atoms with Gasteiger partial charge in [0.05, 0.1) is 48.5 Å². The van der Waals surface area contributed by atoms with E-state index in [9.17, 15) is 53.1 Å². The smallest absolute Gasteiger partial charge is 0.412 e. The molecule has 6 rings (SSSR count). The van der Waals surface area contributed by atoms with Gasteiger partial charge in [0, 0.05) is 77.5 Å². The number of epoxide rings is 1. The quantitative estimate of drug-likeness (QED) is 0.0370. The van der Waals surface area contributed by atoms with Crippen molar-refractivity contribution >= 4 is 82.2 Å². The Labute approximate surface area is 493 Å². The van der Waals surface area contributed by atoms with Gasteiger partial charge in [-0.1, -0.05) is 68.3 Å². The molecule has 84 heavy (non-hydrogen) atoms. The molecule has 4 aliphatic rings. The Hall–Kier alpha value is -7.21. The molecule has 3 fully saturated rings. The molecule has 7 amide bonds. The van der Waals surface area contributed by atoms with Crippen molar-refractivity contribution in [3.63, 3.8) is 0 Å². The van der Waals surface area contributed by atoms with Gasteiger partial charge < -0.3 is 54.9 Å². The van der Waals surface area contributed by atoms with Crippen molar-refractivity contribution in [1.82, 2.24) is 15.7 Å². The van der Waals surface area contributed by atoms with Crippen LogP contribution in [0.2, 0.25) is 5.02 Å². The van der Waals surface area contributed by atoms with E-state index in [0.29, 0.717) is 27.8 Å². The molecule has 6 N–H and O–H groups in total. The van der Waals surface area contributed by atoms with E-state index < -0.39 is 107 Å². The minimum Gasteiger partial charge on any atom is -0.495 e. The summed E-state index contributed by atoms with van der Waals surface area (Å²) in [5.74, 6) is -5.92. The standard InChI is InChI=1S/C60H79ClN6O17/c1-33(2)40(29-39(68)15-10-11-18-52(73)84-67-49(70)21-22-50(67)71)56(75)64-41(16-13-23-63-57(62)76)44(69)27-37-19-20-42(45(28-37)79-8)65-58(77)82-48-30-51(72)66(7)43-26-38(25-35(4)54(43)61)24-34(3)14-12-17-47(80-9)60(78)31-46(81-53(74)32-60)36(5)55-59(48,6)83-55/h12,14,17,19-20,25-26,28,33,36,40-41,46-48,55,78H,10-11,13,15-16,18,21-24,27,29-32H2,1-9H3,(H,64,75)(H,65,77)(H3,62,63,76)/b17-12+,34-14+/t36-,40+,41+,46+,47-,48+,55+,59+,60-/m1/s1. The number of methoxy groups -OCH3 is 2. The van der Waals surface area contributed by atoms with Crippen LogP contribution in [-0.4, -0.2) is 139 Å². The molecule has 4 bridgehead atoms. The van der Waals surface area contributed by atoms with E-state index in [1.165, 1.54) is 31.3 Å². The lowest BCUT2D eigenvalue weighted by Gasteiger charge is -2.41. The Morgan fingerprint density at radius 1 is 0.964 bits per heavy atom. The molecule has 0 spiro atoms. The number of hydrogen-bond donors (Lipinski definition) is 5. The van der Waals surface area contributed by atoms with Crippen molar-refractivity contribution in [2.24, 2.45) is 23.5 Å². The van der Waals surface area contributed by atoms with Crippen LogP contribution >= 0.6 is 11.6 Å². The first-order valence-corrected chi connectivity index (χ1v) is 28.7. The maximum atomic E-state index is 14.4. The van der Waals surface area contributed by atoms with Crippen LogP contribution < -0.4 is 31.3 Å². The number of nitrogens with one attached hydrogen (secondary N) is 3. The summed E-state index contributed by atoms with van der Waals surface area (Å²) in [7, 11) is 4.38. The number of primary amides is 1. The van der Waals surface area contributed by atoms with Gasteiger partial charge in [0.1, 0.15) is 41.0 Å². The zero-order valence-electron chi connectivity index (χ0n) is 49.2. The second-order valence-corrected chi connectivity index (χ2v) is 23.1. The third-order valence-corrected chi connectivity index (χ3v) is 16.4. The number of rotatable bonds is 22. The fraction of sp³-hybridized carbons (Fsp3) is 0.567. The molecule has 0 unspecified atom stereocenters. The molecule has 4 aliphatic heterocycles. The Balaban J connectivity index is 1.16. The summed E-state index contributed by atoms with van der Waals surface area (Å²) in [5, 5.41) is 20.8. The highest BCUT2D eigenvalue weighted by molar-refractivity contribution is 6.34. The van der Waals surface area contributed by atoms with Gasteiger partial charge >= 0.3 is 24.1 Å². The minimum atomic E-state index is -1.65. The van der Waals surface area contributed by atoms with Crippen molar-refractivity contribution in [2.75, 3.05) is 38.0 Å². The summed E-state index contributed by atoms with van der Waals surface area (Å²) in [5.41, 5.74) is 5.83. The van der Waals surface area contributed by atoms with Crippen molar-refractivity contribution < 1.29 is 81.6 Å². The van der Waals surface area contributed by atoms with Crippen LogP contribution in [0.25, 0.3) is 0 Å². The molecule has 2 aromatic rings. The fourth-order valence-corrected chi connectivity index (χ4v) is 11.2. The van der Waals surface area contributed by atoms with Crippen LogP contribution in [-0.2, 0) is 75.0 Å². The highest BCUT2D eigenvalue weighted by Gasteiger charge is 2.64. The van der Waals surface area contributed by atoms with E-state index >= 15 is 0 Å². The fourth-order valence-electron chi connectivity index (χ4n) is 10.9. The molecule has 24 heteroatoms. The number of halogens is 1. The summed E-state index contributed by atoms with van der Waals surface area (Å²) < 4.78 is 29.7. The number of anilines is 2. The number of aliphatic hydroxyl groups is 1. The molecular formula is C60H79ClN6O17. The molecular weight excluding hydrogens is 1110 g/mol. The zero-order valence-corrected chi connectivity index (χ0v) is 49.9. The van der Waals surface area contributed by atoms with E-state index in [2.05, 4.69) is 16.0 Å². The van der Waals surface area contributed by atoms with Crippen LogP contribution in [0, 0.1) is 24.7 Å². The molecule has 23 nitrogen and oxygen atoms in total. The number of fused-ring (bicyclic) bond motifs is 5. The molecule has 4 heterocycles. The van der Waals surface area contributed by atoms with Crippen molar-refractivity contribution in [2.45, 2.75) is 173 Å². The topological polar surface area (TPSA) is 318 Å². The Morgan fingerprint density at radius 2 is 1.67 bits per heavy atom. The number of nitrogens with zero attached hydrogens (tertiary/aromatic N) is 2. The first kappa shape index (κ1) is 65.9.